The minimum absolute atomic E-state index is 0.396. The Balaban J connectivity index is 1.64. The molecule has 0 saturated heterocycles. The molecule has 4 nitrogen and oxygen atoms in total. The molecule has 158 valence electrons. The van der Waals surface area contributed by atoms with Crippen LogP contribution in [-0.2, 0) is 0 Å². The summed E-state index contributed by atoms with van der Waals surface area (Å²) in [7, 11) is 0. The van der Waals surface area contributed by atoms with Gasteiger partial charge in [-0.2, -0.15) is 0 Å². The van der Waals surface area contributed by atoms with Crippen molar-refractivity contribution in [3.8, 4) is 34.1 Å². The van der Waals surface area contributed by atoms with Crippen molar-refractivity contribution in [1.29, 1.82) is 0 Å². The lowest BCUT2D eigenvalue weighted by Crippen LogP contribution is -1.93. The lowest BCUT2D eigenvalue weighted by molar-refractivity contribution is 0.107. The first-order valence-electron chi connectivity index (χ1n) is 9.64. The fourth-order valence-electron chi connectivity index (χ4n) is 3.08. The summed E-state index contributed by atoms with van der Waals surface area (Å²) in [5.74, 6) is 2.36. The van der Waals surface area contributed by atoms with E-state index < -0.39 is 10.5 Å². The summed E-state index contributed by atoms with van der Waals surface area (Å²) in [5.41, 5.74) is 2.57. The Labute approximate surface area is 194 Å². The Morgan fingerprint density at radius 2 is 1.06 bits per heavy atom. The minimum Gasteiger partial charge on any atom is -0.457 e. The van der Waals surface area contributed by atoms with Crippen molar-refractivity contribution >= 4 is 33.7 Å². The van der Waals surface area contributed by atoms with Crippen molar-refractivity contribution in [2.75, 3.05) is 0 Å². The fourth-order valence-corrected chi connectivity index (χ4v) is 3.33. The number of halogens is 2. The highest BCUT2D eigenvalue weighted by molar-refractivity contribution is 6.68. The molecule has 0 bridgehead atoms. The number of ether oxygens (including phenoxy) is 2. The molecule has 6 heteroatoms. The van der Waals surface area contributed by atoms with Gasteiger partial charge in [-0.1, -0.05) is 30.3 Å². The zero-order chi connectivity index (χ0) is 22.5. The van der Waals surface area contributed by atoms with Gasteiger partial charge in [0.2, 0.25) is 0 Å². The van der Waals surface area contributed by atoms with Crippen molar-refractivity contribution in [3.05, 3.63) is 108 Å². The number of benzene rings is 4. The molecule has 4 aromatic rings. The molecule has 0 unspecified atom stereocenters. The van der Waals surface area contributed by atoms with E-state index in [2.05, 4.69) is 0 Å². The summed E-state index contributed by atoms with van der Waals surface area (Å²) in [5, 5.41) is -1.04. The summed E-state index contributed by atoms with van der Waals surface area (Å²) in [4.78, 5) is 22.5. The summed E-state index contributed by atoms with van der Waals surface area (Å²) >= 11 is 11.0. The zero-order valence-electron chi connectivity index (χ0n) is 16.6. The van der Waals surface area contributed by atoms with Gasteiger partial charge in [-0.15, -0.1) is 0 Å². The van der Waals surface area contributed by atoms with Crippen molar-refractivity contribution < 1.29 is 19.1 Å². The maximum atomic E-state index is 11.3. The highest BCUT2D eigenvalue weighted by Crippen LogP contribution is 2.37. The molecule has 0 amide bonds. The van der Waals surface area contributed by atoms with Gasteiger partial charge < -0.3 is 9.47 Å². The van der Waals surface area contributed by atoms with E-state index in [-0.39, 0.29) is 0 Å². The van der Waals surface area contributed by atoms with Gasteiger partial charge in [0.25, 0.3) is 10.5 Å². The van der Waals surface area contributed by atoms with Gasteiger partial charge in [-0.3, -0.25) is 9.59 Å². The van der Waals surface area contributed by atoms with Gasteiger partial charge in [0.05, 0.1) is 0 Å². The molecule has 0 saturated carbocycles. The highest BCUT2D eigenvalue weighted by atomic mass is 35.5. The van der Waals surface area contributed by atoms with Crippen LogP contribution in [0.15, 0.2) is 97.1 Å². The number of carbonyl (C=O) groups excluding carboxylic acids is 2. The molecule has 0 radical (unpaired) electrons. The lowest BCUT2D eigenvalue weighted by Gasteiger charge is -2.14. The molecule has 4 aromatic carbocycles. The monoisotopic (exact) mass is 462 g/mol. The van der Waals surface area contributed by atoms with E-state index >= 15 is 0 Å². The first-order chi connectivity index (χ1) is 15.5. The lowest BCUT2D eigenvalue weighted by atomic mass is 10.0. The van der Waals surface area contributed by atoms with Crippen molar-refractivity contribution in [2.24, 2.45) is 0 Å². The van der Waals surface area contributed by atoms with E-state index in [4.69, 9.17) is 32.7 Å². The number of carbonyl (C=O) groups is 2. The molecule has 0 aliphatic rings. The van der Waals surface area contributed by atoms with Crippen LogP contribution in [0.1, 0.15) is 20.7 Å². The Bertz CT molecular complexity index is 1250. The van der Waals surface area contributed by atoms with Crippen LogP contribution in [-0.4, -0.2) is 10.5 Å². The van der Waals surface area contributed by atoms with E-state index in [0.717, 1.165) is 11.1 Å². The zero-order valence-corrected chi connectivity index (χ0v) is 18.1. The third-order valence-corrected chi connectivity index (χ3v) is 5.10. The molecule has 32 heavy (non-hydrogen) atoms. The van der Waals surface area contributed by atoms with E-state index in [9.17, 15) is 9.59 Å². The average Bonchev–Trinajstić information content (AvgIpc) is 2.81. The van der Waals surface area contributed by atoms with E-state index in [1.165, 1.54) is 0 Å². The topological polar surface area (TPSA) is 52.6 Å². The third kappa shape index (κ3) is 5.17. The number of rotatable bonds is 7. The van der Waals surface area contributed by atoms with Gasteiger partial charge in [0, 0.05) is 16.7 Å². The van der Waals surface area contributed by atoms with Gasteiger partial charge >= 0.3 is 0 Å². The molecule has 0 N–H and O–H groups in total. The largest absolute Gasteiger partial charge is 0.457 e. The summed E-state index contributed by atoms with van der Waals surface area (Å²) in [6.45, 7) is 0. The van der Waals surface area contributed by atoms with E-state index in [0.29, 0.717) is 34.1 Å². The van der Waals surface area contributed by atoms with Gasteiger partial charge in [-0.05, 0) is 95.5 Å². The fraction of sp³-hybridized carbons (Fsp3) is 0. The minimum atomic E-state index is -0.522. The predicted molar refractivity (Wildman–Crippen MR) is 125 cm³/mol. The molecule has 0 atom stereocenters. The second-order valence-corrected chi connectivity index (χ2v) is 7.51. The molecular weight excluding hydrogens is 447 g/mol. The molecule has 0 aliphatic carbocycles. The second-order valence-electron chi connectivity index (χ2n) is 6.82. The maximum Gasteiger partial charge on any atom is 0.252 e. The van der Waals surface area contributed by atoms with Crippen LogP contribution in [0.5, 0.6) is 23.0 Å². The quantitative estimate of drug-likeness (QED) is 0.264. The highest BCUT2D eigenvalue weighted by Gasteiger charge is 2.11. The summed E-state index contributed by atoms with van der Waals surface area (Å²) in [6.07, 6.45) is 0. The summed E-state index contributed by atoms with van der Waals surface area (Å²) in [6, 6.07) is 28.4. The van der Waals surface area contributed by atoms with Crippen molar-refractivity contribution in [3.63, 3.8) is 0 Å². The molecule has 0 spiro atoms. The smallest absolute Gasteiger partial charge is 0.252 e. The molecule has 0 heterocycles. The van der Waals surface area contributed by atoms with E-state index in [1.807, 2.05) is 42.5 Å². The SMILES string of the molecule is O=C(Cl)c1ccc(Oc2ccc(Oc3ccc(C(=O)Cl)cc3)c(-c3ccccc3)c2)cc1. The van der Waals surface area contributed by atoms with Gasteiger partial charge in [-0.25, -0.2) is 0 Å². The molecule has 0 aromatic heterocycles. The molecule has 0 fully saturated rings. The average molecular weight is 463 g/mol. The Hall–Kier alpha value is -3.60. The van der Waals surface area contributed by atoms with Crippen LogP contribution in [0.2, 0.25) is 0 Å². The maximum absolute atomic E-state index is 11.3. The van der Waals surface area contributed by atoms with Crippen LogP contribution in [0, 0.1) is 0 Å². The number of hydrogen-bond donors (Lipinski definition) is 0. The van der Waals surface area contributed by atoms with Crippen LogP contribution in [0.4, 0.5) is 0 Å². The van der Waals surface area contributed by atoms with Crippen molar-refractivity contribution in [1.82, 2.24) is 0 Å². The number of hydrogen-bond acceptors (Lipinski definition) is 4. The van der Waals surface area contributed by atoms with Crippen molar-refractivity contribution in [2.45, 2.75) is 0 Å². The third-order valence-electron chi connectivity index (χ3n) is 4.66. The first kappa shape index (κ1) is 21.6. The van der Waals surface area contributed by atoms with Gasteiger partial charge in [0.15, 0.2) is 0 Å². The van der Waals surface area contributed by atoms with Crippen LogP contribution < -0.4 is 9.47 Å². The Kier molecular flexibility index (Phi) is 6.55. The second kappa shape index (κ2) is 9.69. The van der Waals surface area contributed by atoms with Crippen LogP contribution >= 0.6 is 23.2 Å². The normalized spacial score (nSPS) is 10.4. The van der Waals surface area contributed by atoms with Crippen LogP contribution in [0.3, 0.4) is 0 Å². The van der Waals surface area contributed by atoms with Crippen LogP contribution in [0.25, 0.3) is 11.1 Å². The standard InChI is InChI=1S/C26H16Cl2O4/c27-25(29)18-6-10-20(11-7-18)31-22-14-15-24(23(16-22)17-4-2-1-3-5-17)32-21-12-8-19(9-13-21)26(28)30/h1-16H. The molecule has 0 aliphatic heterocycles. The predicted octanol–water partition coefficient (Wildman–Crippen LogP) is 7.70. The molecule has 4 rings (SSSR count). The summed E-state index contributed by atoms with van der Waals surface area (Å²) < 4.78 is 12.0. The molecular formula is C26H16Cl2O4. The van der Waals surface area contributed by atoms with Gasteiger partial charge in [0.1, 0.15) is 23.0 Å². The Morgan fingerprint density at radius 3 is 1.59 bits per heavy atom. The first-order valence-corrected chi connectivity index (χ1v) is 10.4. The Morgan fingerprint density at radius 1 is 0.562 bits per heavy atom. The van der Waals surface area contributed by atoms with E-state index in [1.54, 1.807) is 54.6 Å².